The van der Waals surface area contributed by atoms with Crippen LogP contribution in [0.25, 0.3) is 58.9 Å². The zero-order valence-corrected chi connectivity index (χ0v) is 71.1. The third kappa shape index (κ3) is 36.4. The third-order valence-electron chi connectivity index (χ3n) is 19.0. The molecule has 0 saturated heterocycles. The number of thiol groups is 1. The van der Waals surface area contributed by atoms with Crippen LogP contribution >= 0.6 is 135 Å². The van der Waals surface area contributed by atoms with E-state index in [0.717, 1.165) is 42.2 Å². The van der Waals surface area contributed by atoms with E-state index in [1.807, 2.05) is 45.3 Å². The number of thiophene rings is 4. The summed E-state index contributed by atoms with van der Waals surface area (Å²) in [6.07, 6.45) is 71.8. The Kier molecular flexibility index (Phi) is 53.1. The Labute approximate surface area is 660 Å². The molecular formula is C82H131BBr2N5S9. The number of aromatic nitrogens is 4. The molecule has 0 bridgehead atoms. The second kappa shape index (κ2) is 58.2. The van der Waals surface area contributed by atoms with Gasteiger partial charge in [-0.1, -0.05) is 370 Å². The second-order valence-corrected chi connectivity index (χ2v) is 38.2. The monoisotopic (exact) mass is 1640 g/mol. The Hall–Kier alpha value is -0.985. The summed E-state index contributed by atoms with van der Waals surface area (Å²) in [6, 6.07) is 9.33. The minimum absolute atomic E-state index is 0. The molecule has 99 heavy (non-hydrogen) atoms. The van der Waals surface area contributed by atoms with Crippen molar-refractivity contribution >= 4 is 162 Å². The van der Waals surface area contributed by atoms with Crippen molar-refractivity contribution in [2.24, 2.45) is 4.30 Å². The molecule has 0 aliphatic heterocycles. The quantitative estimate of drug-likeness (QED) is 0.0234. The minimum atomic E-state index is 0. The van der Waals surface area contributed by atoms with E-state index in [2.05, 4.69) is 119 Å². The van der Waals surface area contributed by atoms with Gasteiger partial charge in [0.25, 0.3) is 0 Å². The zero-order chi connectivity index (χ0) is 68.6. The molecule has 8 rings (SSSR count). The van der Waals surface area contributed by atoms with Crippen molar-refractivity contribution < 1.29 is 0 Å². The molecule has 0 atom stereocenters. The van der Waals surface area contributed by atoms with Gasteiger partial charge in [-0.15, -0.1) is 45.3 Å². The van der Waals surface area contributed by atoms with Crippen LogP contribution in [-0.2, 0) is 25.7 Å². The molecule has 0 aliphatic rings. The molecule has 0 spiro atoms. The Balaban J connectivity index is 0.000000397. The van der Waals surface area contributed by atoms with Crippen LogP contribution in [0.1, 0.15) is 373 Å². The van der Waals surface area contributed by atoms with Gasteiger partial charge in [-0.05, 0) is 141 Å². The number of halogens is 2. The molecule has 0 unspecified atom stereocenters. The SMILES string of the molecule is C.C.CCCCCCCCCCCCCCc1cc(Br)sc1-c1nc2sc(-c3sc(Br)cc3CCCCCCCCCCCCCC)nc2s1.CCCCCCCCCCCCCCc1ccsc1-c1nc2sc(-c3sccc3CCCCCCCCCCCCCC)nc2s1.[B]=NS. The van der Waals surface area contributed by atoms with E-state index in [4.69, 9.17) is 19.9 Å². The fraction of sp³-hybridized carbons (Fsp3) is 0.707. The van der Waals surface area contributed by atoms with Gasteiger partial charge in [-0.25, -0.2) is 19.9 Å². The predicted molar refractivity (Wildman–Crippen MR) is 469 cm³/mol. The van der Waals surface area contributed by atoms with Crippen molar-refractivity contribution in [1.82, 2.24) is 19.9 Å². The van der Waals surface area contributed by atoms with E-state index < -0.39 is 0 Å². The van der Waals surface area contributed by atoms with Crippen LogP contribution < -0.4 is 0 Å². The third-order valence-corrected chi connectivity index (χ3v) is 28.9. The fourth-order valence-electron chi connectivity index (χ4n) is 13.3. The molecule has 1 radical (unpaired) electrons. The molecule has 0 N–H and O–H groups in total. The van der Waals surface area contributed by atoms with Crippen molar-refractivity contribution in [3.8, 4) is 39.5 Å². The average molecular weight is 1650 g/mol. The van der Waals surface area contributed by atoms with E-state index in [1.165, 1.54) is 380 Å². The van der Waals surface area contributed by atoms with E-state index in [0.29, 0.717) is 0 Å². The number of thiazole rings is 4. The maximum atomic E-state index is 5.14. The number of aryl methyl sites for hydroxylation is 4. The number of hydrogen-bond acceptors (Lipinski definition) is 14. The maximum absolute atomic E-state index is 5.14. The van der Waals surface area contributed by atoms with Gasteiger partial charge < -0.3 is 0 Å². The van der Waals surface area contributed by atoms with Gasteiger partial charge in [-0.2, -0.15) is 0 Å². The normalized spacial score (nSPS) is 11.3. The molecule has 8 aromatic heterocycles. The summed E-state index contributed by atoms with van der Waals surface area (Å²) in [6.45, 7) is 9.20. The van der Waals surface area contributed by atoms with Gasteiger partial charge in [0.05, 0.1) is 27.1 Å². The fourth-order valence-corrected chi connectivity index (χ4v) is 23.1. The molecule has 8 aromatic rings. The van der Waals surface area contributed by atoms with Crippen molar-refractivity contribution in [2.45, 2.75) is 376 Å². The van der Waals surface area contributed by atoms with E-state index >= 15 is 0 Å². The first-order chi connectivity index (χ1) is 47.8. The van der Waals surface area contributed by atoms with Crippen LogP contribution in [0, 0.1) is 0 Å². The summed E-state index contributed by atoms with van der Waals surface area (Å²) in [4.78, 5) is 30.4. The van der Waals surface area contributed by atoms with E-state index in [9.17, 15) is 0 Å². The van der Waals surface area contributed by atoms with E-state index in [-0.39, 0.29) is 14.9 Å². The first-order valence-electron chi connectivity index (χ1n) is 39.1. The van der Waals surface area contributed by atoms with Gasteiger partial charge in [0, 0.05) is 0 Å². The molecule has 0 aromatic carbocycles. The number of hydrogen-bond donors (Lipinski definition) is 1. The Morgan fingerprint density at radius 2 is 0.495 bits per heavy atom. The summed E-state index contributed by atoms with van der Waals surface area (Å²) >= 11 is 25.3. The van der Waals surface area contributed by atoms with Crippen LogP contribution in [0.4, 0.5) is 0 Å². The molecular weight excluding hydrogens is 1510 g/mol. The number of fused-ring (bicyclic) bond motifs is 2. The summed E-state index contributed by atoms with van der Waals surface area (Å²) in [5.74, 6) is 0. The first-order valence-corrected chi connectivity index (χ1v) is 47.7. The van der Waals surface area contributed by atoms with Crippen molar-refractivity contribution in [3.05, 3.63) is 64.9 Å². The molecule has 0 aliphatic carbocycles. The number of unbranched alkanes of at least 4 members (excludes halogenated alkanes) is 44. The summed E-state index contributed by atoms with van der Waals surface area (Å²) in [5, 5.41) is 9.15. The second-order valence-electron chi connectivity index (χ2n) is 27.3. The average Bonchev–Trinajstić information content (AvgIpc) is 1.64. The topological polar surface area (TPSA) is 63.9 Å². The van der Waals surface area contributed by atoms with E-state index in [1.54, 1.807) is 45.3 Å². The number of nitrogens with zero attached hydrogens (tertiary/aromatic N) is 5. The van der Waals surface area contributed by atoms with Crippen LogP contribution in [0.3, 0.4) is 0 Å². The molecule has 8 heterocycles. The zero-order valence-electron chi connectivity index (χ0n) is 60.5. The van der Waals surface area contributed by atoms with Gasteiger partial charge in [-0.3, -0.25) is 0 Å². The molecule has 0 saturated carbocycles. The Morgan fingerprint density at radius 1 is 0.303 bits per heavy atom. The van der Waals surface area contributed by atoms with Crippen molar-refractivity contribution in [3.63, 3.8) is 0 Å². The molecule has 5 nitrogen and oxygen atoms in total. The Morgan fingerprint density at radius 3 is 0.717 bits per heavy atom. The first kappa shape index (κ1) is 90.4. The van der Waals surface area contributed by atoms with Gasteiger partial charge in [0.1, 0.15) is 20.0 Å². The van der Waals surface area contributed by atoms with Gasteiger partial charge in [0.15, 0.2) is 19.3 Å². The van der Waals surface area contributed by atoms with Crippen molar-refractivity contribution in [1.29, 1.82) is 0 Å². The summed E-state index contributed by atoms with van der Waals surface area (Å²) in [7, 11) is 4.34. The van der Waals surface area contributed by atoms with Crippen LogP contribution in [0.5, 0.6) is 0 Å². The standard InChI is InChI=1S/C40H60Br2N2S4.C40H62N2S4.2CH4.BHNS/c1-3-5-7-9-11-13-15-17-19-21-23-25-27-31-29-33(41)45-35(31)37-43-39-40(47-37)44-38(48-39)36-32(30-34(42)46-36)28-26-24-22-20-18-16-14-12-10-8-6-4-2;1-3-5-7-9-11-13-15-17-19-21-23-25-27-33-29-31-43-35(33)37-41-39-40(45-37)42-38(46-39)36-34(30-32-44-36)28-26-24-22-20-18-16-14-12-10-8-6-4-2;;;1-2-3/h29-30H,3-28H2,1-2H3;29-32H,3-28H2,1-2H3;2*1H4;3H. The predicted octanol–water partition coefficient (Wildman–Crippen LogP) is 34.4. The molecule has 17 heteroatoms. The molecule has 0 fully saturated rings. The van der Waals surface area contributed by atoms with Gasteiger partial charge in [0.2, 0.25) is 0 Å². The Bertz CT molecular complexity index is 2950. The van der Waals surface area contributed by atoms with Crippen LogP contribution in [-0.4, -0.2) is 27.6 Å². The molecule has 555 valence electrons. The van der Waals surface area contributed by atoms with Crippen LogP contribution in [0.15, 0.2) is 46.9 Å². The van der Waals surface area contributed by atoms with Crippen molar-refractivity contribution in [2.75, 3.05) is 0 Å². The van der Waals surface area contributed by atoms with Gasteiger partial charge >= 0.3 is 24.8 Å². The summed E-state index contributed by atoms with van der Waals surface area (Å²) in [5.41, 5.74) is 5.88. The molecule has 0 amide bonds. The number of rotatable bonds is 56. The summed E-state index contributed by atoms with van der Waals surface area (Å²) < 4.78 is 5.12. The van der Waals surface area contributed by atoms with Crippen LogP contribution in [0.2, 0.25) is 0 Å².